The van der Waals surface area contributed by atoms with E-state index < -0.39 is 12.0 Å². The first-order valence-corrected chi connectivity index (χ1v) is 6.79. The van der Waals surface area contributed by atoms with E-state index in [1.54, 1.807) is 6.33 Å². The van der Waals surface area contributed by atoms with Gasteiger partial charge in [0.05, 0.1) is 24.3 Å². The van der Waals surface area contributed by atoms with Gasteiger partial charge in [0.25, 0.3) is 0 Å². The van der Waals surface area contributed by atoms with Crippen molar-refractivity contribution in [2.45, 2.75) is 45.3 Å². The number of H-pyrrole nitrogens is 1. The number of amides is 1. The highest BCUT2D eigenvalue weighted by molar-refractivity contribution is 5.84. The van der Waals surface area contributed by atoms with Gasteiger partial charge in [-0.15, -0.1) is 0 Å². The van der Waals surface area contributed by atoms with E-state index in [1.165, 1.54) is 4.90 Å². The molecule has 0 fully saturated rings. The molecule has 1 aliphatic rings. The molecule has 110 valence electrons. The first kappa shape index (κ1) is 14.5. The molecular formula is C13H20N4O3. The van der Waals surface area contributed by atoms with Crippen molar-refractivity contribution in [3.8, 4) is 0 Å². The lowest BCUT2D eigenvalue weighted by Crippen LogP contribution is -2.50. The van der Waals surface area contributed by atoms with Crippen molar-refractivity contribution < 1.29 is 14.7 Å². The van der Waals surface area contributed by atoms with Crippen LogP contribution in [0.15, 0.2) is 6.33 Å². The standard InChI is InChI=1S/C13H20N4O3/c1-3-14-8(2)4-12(18)17-6-10-9(15-7-16-10)5-11(17)13(19)20/h7-8,11,14H,3-6H2,1-2H3,(H,15,16)(H,19,20). The highest BCUT2D eigenvalue weighted by Crippen LogP contribution is 2.21. The van der Waals surface area contributed by atoms with Crippen molar-refractivity contribution in [1.29, 1.82) is 0 Å². The van der Waals surface area contributed by atoms with Crippen molar-refractivity contribution in [1.82, 2.24) is 20.2 Å². The molecule has 0 spiro atoms. The van der Waals surface area contributed by atoms with Crippen LogP contribution in [-0.4, -0.2) is 50.5 Å². The average Bonchev–Trinajstić information content (AvgIpc) is 2.84. The Labute approximate surface area is 117 Å². The van der Waals surface area contributed by atoms with E-state index in [0.717, 1.165) is 17.9 Å². The number of carboxylic acids is 1. The molecule has 2 rings (SSSR count). The van der Waals surface area contributed by atoms with Crippen LogP contribution < -0.4 is 5.32 Å². The minimum Gasteiger partial charge on any atom is -0.480 e. The number of carboxylic acid groups (broad SMARTS) is 1. The Morgan fingerprint density at radius 2 is 2.40 bits per heavy atom. The van der Waals surface area contributed by atoms with E-state index in [9.17, 15) is 14.7 Å². The summed E-state index contributed by atoms with van der Waals surface area (Å²) in [6, 6.07) is -0.794. The summed E-state index contributed by atoms with van der Waals surface area (Å²) in [6.07, 6.45) is 2.09. The van der Waals surface area contributed by atoms with Gasteiger partial charge in [-0.3, -0.25) is 4.79 Å². The van der Waals surface area contributed by atoms with Crippen LogP contribution in [0, 0.1) is 0 Å². The van der Waals surface area contributed by atoms with Gasteiger partial charge >= 0.3 is 5.97 Å². The maximum atomic E-state index is 12.3. The monoisotopic (exact) mass is 280 g/mol. The number of aromatic amines is 1. The highest BCUT2D eigenvalue weighted by Gasteiger charge is 2.35. The van der Waals surface area contributed by atoms with Gasteiger partial charge in [-0.2, -0.15) is 0 Å². The molecule has 2 heterocycles. The fourth-order valence-electron chi connectivity index (χ4n) is 2.52. The molecule has 0 saturated carbocycles. The Morgan fingerprint density at radius 3 is 3.05 bits per heavy atom. The second-order valence-corrected chi connectivity index (χ2v) is 5.07. The molecule has 1 amide bonds. The molecule has 20 heavy (non-hydrogen) atoms. The number of nitrogens with one attached hydrogen (secondary N) is 2. The molecule has 0 saturated heterocycles. The second kappa shape index (κ2) is 6.04. The summed E-state index contributed by atoms with van der Waals surface area (Å²) in [6.45, 7) is 4.95. The summed E-state index contributed by atoms with van der Waals surface area (Å²) in [5.41, 5.74) is 1.56. The van der Waals surface area contributed by atoms with Gasteiger partial charge in [-0.25, -0.2) is 9.78 Å². The zero-order valence-electron chi connectivity index (χ0n) is 11.7. The first-order valence-electron chi connectivity index (χ1n) is 6.79. The van der Waals surface area contributed by atoms with Gasteiger partial charge in [0.15, 0.2) is 0 Å². The number of hydrogen-bond donors (Lipinski definition) is 3. The fraction of sp³-hybridized carbons (Fsp3) is 0.615. The van der Waals surface area contributed by atoms with E-state index in [1.807, 2.05) is 13.8 Å². The maximum Gasteiger partial charge on any atom is 0.326 e. The lowest BCUT2D eigenvalue weighted by molar-refractivity contribution is -0.151. The molecule has 1 aromatic heterocycles. The van der Waals surface area contributed by atoms with E-state index in [2.05, 4.69) is 15.3 Å². The number of aromatic nitrogens is 2. The minimum absolute atomic E-state index is 0.0325. The van der Waals surface area contributed by atoms with Crippen LogP contribution in [-0.2, 0) is 22.6 Å². The lowest BCUT2D eigenvalue weighted by Gasteiger charge is -2.33. The molecular weight excluding hydrogens is 260 g/mol. The molecule has 0 aliphatic carbocycles. The smallest absolute Gasteiger partial charge is 0.326 e. The maximum absolute atomic E-state index is 12.3. The van der Waals surface area contributed by atoms with Gasteiger partial charge in [0.2, 0.25) is 5.91 Å². The fourth-order valence-corrected chi connectivity index (χ4v) is 2.52. The summed E-state index contributed by atoms with van der Waals surface area (Å²) in [7, 11) is 0. The molecule has 2 unspecified atom stereocenters. The van der Waals surface area contributed by atoms with E-state index in [-0.39, 0.29) is 24.9 Å². The van der Waals surface area contributed by atoms with Crippen LogP contribution in [0.25, 0.3) is 0 Å². The van der Waals surface area contributed by atoms with Crippen LogP contribution in [0.2, 0.25) is 0 Å². The highest BCUT2D eigenvalue weighted by atomic mass is 16.4. The normalized spacial score (nSPS) is 19.5. The zero-order valence-corrected chi connectivity index (χ0v) is 11.7. The molecule has 1 aliphatic heterocycles. The van der Waals surface area contributed by atoms with Gasteiger partial charge in [0, 0.05) is 18.9 Å². The zero-order chi connectivity index (χ0) is 14.7. The van der Waals surface area contributed by atoms with Crippen molar-refractivity contribution in [3.05, 3.63) is 17.7 Å². The molecule has 0 bridgehead atoms. The van der Waals surface area contributed by atoms with Gasteiger partial charge in [-0.1, -0.05) is 6.92 Å². The van der Waals surface area contributed by atoms with E-state index in [0.29, 0.717) is 6.42 Å². The van der Waals surface area contributed by atoms with Gasteiger partial charge < -0.3 is 20.3 Å². The number of hydrogen-bond acceptors (Lipinski definition) is 4. The number of rotatable bonds is 5. The Morgan fingerprint density at radius 1 is 1.65 bits per heavy atom. The molecule has 2 atom stereocenters. The summed E-state index contributed by atoms with van der Waals surface area (Å²) in [5, 5.41) is 12.5. The second-order valence-electron chi connectivity index (χ2n) is 5.07. The number of imidazole rings is 1. The van der Waals surface area contributed by atoms with Crippen molar-refractivity contribution in [3.63, 3.8) is 0 Å². The van der Waals surface area contributed by atoms with Crippen LogP contribution in [0.5, 0.6) is 0 Å². The third-order valence-electron chi connectivity index (χ3n) is 3.54. The number of fused-ring (bicyclic) bond motifs is 1. The van der Waals surface area contributed by atoms with Crippen LogP contribution >= 0.6 is 0 Å². The van der Waals surface area contributed by atoms with Crippen LogP contribution in [0.1, 0.15) is 31.7 Å². The summed E-state index contributed by atoms with van der Waals surface area (Å²) in [4.78, 5) is 32.2. The Hall–Kier alpha value is -1.89. The Kier molecular flexibility index (Phi) is 4.39. The first-order chi connectivity index (χ1) is 9.52. The molecule has 1 aromatic rings. The number of carbonyl (C=O) groups excluding carboxylic acids is 1. The topological polar surface area (TPSA) is 98.3 Å². The quantitative estimate of drug-likeness (QED) is 0.712. The summed E-state index contributed by atoms with van der Waals surface area (Å²) >= 11 is 0. The SMILES string of the molecule is CCNC(C)CC(=O)N1Cc2[nH]cnc2CC1C(=O)O. The third kappa shape index (κ3) is 2.98. The lowest BCUT2D eigenvalue weighted by atomic mass is 10.0. The number of nitrogens with zero attached hydrogens (tertiary/aromatic N) is 2. The summed E-state index contributed by atoms with van der Waals surface area (Å²) < 4.78 is 0. The molecule has 7 heteroatoms. The summed E-state index contributed by atoms with van der Waals surface area (Å²) in [5.74, 6) is -1.13. The number of aliphatic carboxylic acids is 1. The van der Waals surface area contributed by atoms with Crippen molar-refractivity contribution in [2.24, 2.45) is 0 Å². The molecule has 0 radical (unpaired) electrons. The average molecular weight is 280 g/mol. The molecule has 7 nitrogen and oxygen atoms in total. The van der Waals surface area contributed by atoms with E-state index >= 15 is 0 Å². The van der Waals surface area contributed by atoms with Crippen LogP contribution in [0.3, 0.4) is 0 Å². The largest absolute Gasteiger partial charge is 0.480 e. The predicted molar refractivity (Wildman–Crippen MR) is 72.0 cm³/mol. The van der Waals surface area contributed by atoms with E-state index in [4.69, 9.17) is 0 Å². The third-order valence-corrected chi connectivity index (χ3v) is 3.54. The molecule has 3 N–H and O–H groups in total. The molecule has 0 aromatic carbocycles. The minimum atomic E-state index is -0.983. The Bertz CT molecular complexity index is 500. The van der Waals surface area contributed by atoms with Gasteiger partial charge in [-0.05, 0) is 13.5 Å². The predicted octanol–water partition coefficient (Wildman–Crippen LogP) is 0.136. The van der Waals surface area contributed by atoms with Crippen molar-refractivity contribution in [2.75, 3.05) is 6.54 Å². The van der Waals surface area contributed by atoms with Crippen LogP contribution in [0.4, 0.5) is 0 Å². The Balaban J connectivity index is 2.12. The van der Waals surface area contributed by atoms with Gasteiger partial charge in [0.1, 0.15) is 6.04 Å². The van der Waals surface area contributed by atoms with Crippen molar-refractivity contribution >= 4 is 11.9 Å². The number of carbonyl (C=O) groups is 2.